The summed E-state index contributed by atoms with van der Waals surface area (Å²) in [4.78, 5) is 11.7. The Bertz CT molecular complexity index is 718. The molecule has 0 bridgehead atoms. The van der Waals surface area contributed by atoms with Gasteiger partial charge in [-0.25, -0.2) is 0 Å². The molecule has 0 spiro atoms. The number of aliphatic hydroxyl groups excluding tert-OH is 1. The van der Waals surface area contributed by atoms with Crippen molar-refractivity contribution in [3.8, 4) is 0 Å². The summed E-state index contributed by atoms with van der Waals surface area (Å²) in [7, 11) is 0. The lowest BCUT2D eigenvalue weighted by atomic mass is 10.1. The van der Waals surface area contributed by atoms with Crippen LogP contribution in [0, 0.1) is 0 Å². The third-order valence-electron chi connectivity index (χ3n) is 3.07. The van der Waals surface area contributed by atoms with Gasteiger partial charge in [-0.05, 0) is 29.0 Å². The number of rotatable bonds is 4. The zero-order valence-electron chi connectivity index (χ0n) is 10.6. The van der Waals surface area contributed by atoms with Gasteiger partial charge < -0.3 is 14.8 Å². The minimum absolute atomic E-state index is 0.153. The van der Waals surface area contributed by atoms with Gasteiger partial charge in [0.05, 0.1) is 12.4 Å². The van der Waals surface area contributed by atoms with Crippen LogP contribution < -0.4 is 5.32 Å². The molecule has 0 saturated heterocycles. The third-order valence-corrected chi connectivity index (χ3v) is 4.05. The Labute approximate surface area is 119 Å². The van der Waals surface area contributed by atoms with Gasteiger partial charge in [-0.15, -0.1) is 11.3 Å². The van der Waals surface area contributed by atoms with Crippen molar-refractivity contribution >= 4 is 27.3 Å². The van der Waals surface area contributed by atoms with Crippen LogP contribution in [0.5, 0.6) is 0 Å². The molecular weight excluding hydrogens is 274 g/mol. The average Bonchev–Trinajstić information content (AvgIpc) is 3.13. The molecule has 0 radical (unpaired) electrons. The van der Waals surface area contributed by atoms with Crippen molar-refractivity contribution in [2.75, 3.05) is 6.54 Å². The Morgan fingerprint density at radius 3 is 2.95 bits per heavy atom. The molecule has 0 fully saturated rings. The van der Waals surface area contributed by atoms with E-state index in [0.717, 1.165) is 15.6 Å². The number of aliphatic hydroxyl groups is 1. The van der Waals surface area contributed by atoms with Crippen molar-refractivity contribution in [3.63, 3.8) is 0 Å². The Kier molecular flexibility index (Phi) is 3.54. The number of carbonyl (C=O) groups is 1. The van der Waals surface area contributed by atoms with E-state index in [0.29, 0.717) is 0 Å². The predicted octanol–water partition coefficient (Wildman–Crippen LogP) is 2.96. The van der Waals surface area contributed by atoms with E-state index in [1.165, 1.54) is 6.26 Å². The molecule has 102 valence electrons. The van der Waals surface area contributed by atoms with E-state index in [4.69, 9.17) is 4.42 Å². The summed E-state index contributed by atoms with van der Waals surface area (Å²) in [5, 5.41) is 15.8. The van der Waals surface area contributed by atoms with E-state index < -0.39 is 6.10 Å². The van der Waals surface area contributed by atoms with Gasteiger partial charge in [0.15, 0.2) is 5.76 Å². The predicted molar refractivity (Wildman–Crippen MR) is 77.8 cm³/mol. The molecule has 3 aromatic rings. The van der Waals surface area contributed by atoms with Gasteiger partial charge in [-0.2, -0.15) is 0 Å². The smallest absolute Gasteiger partial charge is 0.287 e. The molecule has 1 atom stereocenters. The van der Waals surface area contributed by atoms with Crippen LogP contribution in [-0.4, -0.2) is 17.6 Å². The first kappa shape index (κ1) is 12.9. The van der Waals surface area contributed by atoms with Crippen molar-refractivity contribution in [2.24, 2.45) is 0 Å². The van der Waals surface area contributed by atoms with E-state index >= 15 is 0 Å². The first-order valence-electron chi connectivity index (χ1n) is 6.21. The molecule has 0 saturated carbocycles. The van der Waals surface area contributed by atoms with Crippen LogP contribution in [0.15, 0.2) is 52.5 Å². The van der Waals surface area contributed by atoms with E-state index in [1.54, 1.807) is 23.5 Å². The molecular formula is C15H13NO3S. The van der Waals surface area contributed by atoms with Crippen molar-refractivity contribution in [3.05, 3.63) is 59.4 Å². The highest BCUT2D eigenvalue weighted by molar-refractivity contribution is 7.17. The maximum absolute atomic E-state index is 11.7. The summed E-state index contributed by atoms with van der Waals surface area (Å²) < 4.78 is 6.12. The summed E-state index contributed by atoms with van der Waals surface area (Å²) in [5.74, 6) is -0.0824. The highest BCUT2D eigenvalue weighted by atomic mass is 32.1. The molecule has 5 heteroatoms. The molecule has 1 unspecified atom stereocenters. The van der Waals surface area contributed by atoms with Crippen LogP contribution in [0.1, 0.15) is 22.2 Å². The van der Waals surface area contributed by atoms with Crippen LogP contribution in [0.3, 0.4) is 0 Å². The monoisotopic (exact) mass is 287 g/mol. The van der Waals surface area contributed by atoms with Crippen LogP contribution >= 0.6 is 11.3 Å². The fourth-order valence-corrected chi connectivity index (χ4v) is 3.06. The zero-order chi connectivity index (χ0) is 13.9. The highest BCUT2D eigenvalue weighted by Crippen LogP contribution is 2.29. The van der Waals surface area contributed by atoms with Gasteiger partial charge in [-0.3, -0.25) is 4.79 Å². The molecule has 2 aromatic heterocycles. The topological polar surface area (TPSA) is 62.5 Å². The first-order chi connectivity index (χ1) is 9.75. The zero-order valence-corrected chi connectivity index (χ0v) is 11.4. The fraction of sp³-hybridized carbons (Fsp3) is 0.133. The van der Waals surface area contributed by atoms with Crippen LogP contribution in [-0.2, 0) is 0 Å². The number of nitrogens with one attached hydrogen (secondary N) is 1. The second kappa shape index (κ2) is 5.48. The molecule has 1 aromatic carbocycles. The number of benzene rings is 1. The lowest BCUT2D eigenvalue weighted by Crippen LogP contribution is -2.27. The van der Waals surface area contributed by atoms with Gasteiger partial charge >= 0.3 is 0 Å². The molecule has 4 nitrogen and oxygen atoms in total. The highest BCUT2D eigenvalue weighted by Gasteiger charge is 2.15. The standard InChI is InChI=1S/C15H13NO3S/c17-12(8-16-15(18)13-5-3-7-19-13)11-9-20-14-6-2-1-4-10(11)14/h1-7,9,12,17H,8H2,(H,16,18). The number of carbonyl (C=O) groups excluding carboxylic acids is 1. The van der Waals surface area contributed by atoms with Crippen molar-refractivity contribution in [1.29, 1.82) is 0 Å². The second-order valence-corrected chi connectivity index (χ2v) is 5.30. The second-order valence-electron chi connectivity index (χ2n) is 4.39. The quantitative estimate of drug-likeness (QED) is 0.775. The summed E-state index contributed by atoms with van der Waals surface area (Å²) in [6.07, 6.45) is 0.711. The number of hydrogen-bond donors (Lipinski definition) is 2. The molecule has 0 aliphatic rings. The van der Waals surface area contributed by atoms with E-state index in [-0.39, 0.29) is 18.2 Å². The van der Waals surface area contributed by atoms with Crippen molar-refractivity contribution < 1.29 is 14.3 Å². The molecule has 3 rings (SSSR count). The van der Waals surface area contributed by atoms with Crippen molar-refractivity contribution in [2.45, 2.75) is 6.10 Å². The Balaban J connectivity index is 1.70. The number of fused-ring (bicyclic) bond motifs is 1. The van der Waals surface area contributed by atoms with Crippen LogP contribution in [0.25, 0.3) is 10.1 Å². The maximum Gasteiger partial charge on any atom is 0.287 e. The molecule has 0 aliphatic carbocycles. The number of amides is 1. The number of furan rings is 1. The van der Waals surface area contributed by atoms with Gasteiger partial charge in [-0.1, -0.05) is 18.2 Å². The Morgan fingerprint density at radius 2 is 2.15 bits per heavy atom. The van der Waals surface area contributed by atoms with Gasteiger partial charge in [0.25, 0.3) is 5.91 Å². The maximum atomic E-state index is 11.7. The van der Waals surface area contributed by atoms with Crippen LogP contribution in [0.4, 0.5) is 0 Å². The number of hydrogen-bond acceptors (Lipinski definition) is 4. The summed E-state index contributed by atoms with van der Waals surface area (Å²) >= 11 is 1.58. The van der Waals surface area contributed by atoms with E-state index in [9.17, 15) is 9.90 Å². The first-order valence-corrected chi connectivity index (χ1v) is 7.09. The van der Waals surface area contributed by atoms with Gasteiger partial charge in [0, 0.05) is 16.8 Å². The molecule has 20 heavy (non-hydrogen) atoms. The Morgan fingerprint density at radius 1 is 1.30 bits per heavy atom. The Hall–Kier alpha value is -2.11. The molecule has 1 amide bonds. The van der Waals surface area contributed by atoms with E-state index in [2.05, 4.69) is 5.32 Å². The lowest BCUT2D eigenvalue weighted by molar-refractivity contribution is 0.0890. The normalized spacial score (nSPS) is 12.4. The third kappa shape index (κ3) is 2.45. The fourth-order valence-electron chi connectivity index (χ4n) is 2.05. The van der Waals surface area contributed by atoms with E-state index in [1.807, 2.05) is 29.6 Å². The summed E-state index contributed by atoms with van der Waals surface area (Å²) in [5.41, 5.74) is 0.838. The van der Waals surface area contributed by atoms with Gasteiger partial charge in [0.1, 0.15) is 0 Å². The average molecular weight is 287 g/mol. The minimum atomic E-state index is -0.731. The summed E-state index contributed by atoms with van der Waals surface area (Å²) in [6.45, 7) is 0.153. The summed E-state index contributed by atoms with van der Waals surface area (Å²) in [6, 6.07) is 11.1. The van der Waals surface area contributed by atoms with Crippen molar-refractivity contribution in [1.82, 2.24) is 5.32 Å². The molecule has 2 heterocycles. The largest absolute Gasteiger partial charge is 0.459 e. The lowest BCUT2D eigenvalue weighted by Gasteiger charge is -2.10. The molecule has 2 N–H and O–H groups in total. The van der Waals surface area contributed by atoms with Crippen LogP contribution in [0.2, 0.25) is 0 Å². The number of thiophene rings is 1. The minimum Gasteiger partial charge on any atom is -0.459 e. The SMILES string of the molecule is O=C(NCC(O)c1csc2ccccc12)c1ccco1. The molecule has 0 aliphatic heterocycles. The van der Waals surface area contributed by atoms with Gasteiger partial charge in [0.2, 0.25) is 0 Å².